The van der Waals surface area contributed by atoms with E-state index < -0.39 is 0 Å². The van der Waals surface area contributed by atoms with E-state index in [4.69, 9.17) is 17.4 Å². The minimum absolute atomic E-state index is 0.182. The molecule has 2 nitrogen and oxygen atoms in total. The summed E-state index contributed by atoms with van der Waals surface area (Å²) in [5.41, 5.74) is 3.05. The summed E-state index contributed by atoms with van der Waals surface area (Å²) in [4.78, 5) is 0. The predicted molar refractivity (Wildman–Crippen MR) is 51.8 cm³/mol. The van der Waals surface area contributed by atoms with E-state index in [-0.39, 0.29) is 11.9 Å². The van der Waals surface area contributed by atoms with Crippen molar-refractivity contribution in [2.24, 2.45) is 5.84 Å². The Bertz CT molecular complexity index is 287. The Morgan fingerprint density at radius 1 is 1.62 bits per heavy atom. The molecule has 0 bridgehead atoms. The molecule has 0 aliphatic rings. The van der Waals surface area contributed by atoms with Gasteiger partial charge in [-0.1, -0.05) is 18.5 Å². The first-order valence-electron chi connectivity index (χ1n) is 4.10. The third kappa shape index (κ3) is 2.40. The summed E-state index contributed by atoms with van der Waals surface area (Å²) in [7, 11) is 0. The Morgan fingerprint density at radius 2 is 2.31 bits per heavy atom. The molecule has 1 aromatic rings. The number of hydrogen-bond donors (Lipinski definition) is 2. The van der Waals surface area contributed by atoms with Gasteiger partial charge in [-0.05, 0) is 24.6 Å². The summed E-state index contributed by atoms with van der Waals surface area (Å²) in [6.45, 7) is 1.92. The third-order valence-electron chi connectivity index (χ3n) is 1.94. The second-order valence-electron chi connectivity index (χ2n) is 2.79. The fraction of sp³-hybridized carbons (Fsp3) is 0.333. The SMILES string of the molecule is CCC(NN)c1cc(Cl)ccc1F. The highest BCUT2D eigenvalue weighted by molar-refractivity contribution is 6.30. The highest BCUT2D eigenvalue weighted by Gasteiger charge is 2.12. The van der Waals surface area contributed by atoms with Gasteiger partial charge in [-0.15, -0.1) is 0 Å². The van der Waals surface area contributed by atoms with Crippen molar-refractivity contribution in [2.75, 3.05) is 0 Å². The van der Waals surface area contributed by atoms with Crippen molar-refractivity contribution in [3.63, 3.8) is 0 Å². The fourth-order valence-corrected chi connectivity index (χ4v) is 1.39. The van der Waals surface area contributed by atoms with Crippen LogP contribution in [0.15, 0.2) is 18.2 Å². The van der Waals surface area contributed by atoms with Crippen molar-refractivity contribution in [1.29, 1.82) is 0 Å². The van der Waals surface area contributed by atoms with Crippen LogP contribution in [0.4, 0.5) is 4.39 Å². The fourth-order valence-electron chi connectivity index (χ4n) is 1.21. The van der Waals surface area contributed by atoms with E-state index in [1.54, 1.807) is 6.07 Å². The molecule has 1 aromatic carbocycles. The van der Waals surface area contributed by atoms with Gasteiger partial charge in [0.05, 0.1) is 0 Å². The van der Waals surface area contributed by atoms with E-state index in [0.29, 0.717) is 17.0 Å². The first-order valence-corrected chi connectivity index (χ1v) is 4.48. The molecule has 0 radical (unpaired) electrons. The molecule has 13 heavy (non-hydrogen) atoms. The van der Waals surface area contributed by atoms with E-state index in [1.807, 2.05) is 6.92 Å². The standard InChI is InChI=1S/C9H12ClFN2/c1-2-9(13-12)7-5-6(10)3-4-8(7)11/h3-5,9,13H,2,12H2,1H3. The summed E-state index contributed by atoms with van der Waals surface area (Å²) < 4.78 is 13.2. The highest BCUT2D eigenvalue weighted by Crippen LogP contribution is 2.22. The average Bonchev–Trinajstić information content (AvgIpc) is 2.13. The number of benzene rings is 1. The molecule has 0 saturated carbocycles. The molecular weight excluding hydrogens is 191 g/mol. The van der Waals surface area contributed by atoms with Crippen LogP contribution in [0.2, 0.25) is 5.02 Å². The molecule has 1 unspecified atom stereocenters. The second kappa shape index (κ2) is 4.56. The number of hydrazine groups is 1. The van der Waals surface area contributed by atoms with E-state index in [1.165, 1.54) is 12.1 Å². The van der Waals surface area contributed by atoms with Gasteiger partial charge in [0.15, 0.2) is 0 Å². The van der Waals surface area contributed by atoms with Crippen LogP contribution in [-0.2, 0) is 0 Å². The number of nitrogens with one attached hydrogen (secondary N) is 1. The lowest BCUT2D eigenvalue weighted by Gasteiger charge is -2.14. The number of nitrogens with two attached hydrogens (primary N) is 1. The Balaban J connectivity index is 3.03. The molecule has 0 aliphatic heterocycles. The topological polar surface area (TPSA) is 38.0 Å². The lowest BCUT2D eigenvalue weighted by atomic mass is 10.0. The maximum atomic E-state index is 13.2. The molecule has 0 saturated heterocycles. The van der Waals surface area contributed by atoms with Crippen molar-refractivity contribution >= 4 is 11.6 Å². The molecule has 0 aliphatic carbocycles. The number of hydrogen-bond acceptors (Lipinski definition) is 2. The number of halogens is 2. The van der Waals surface area contributed by atoms with Gasteiger partial charge in [-0.3, -0.25) is 11.3 Å². The largest absolute Gasteiger partial charge is 0.271 e. The van der Waals surface area contributed by atoms with Crippen LogP contribution in [0.3, 0.4) is 0 Å². The zero-order valence-corrected chi connectivity index (χ0v) is 8.11. The third-order valence-corrected chi connectivity index (χ3v) is 2.18. The molecule has 0 heterocycles. The van der Waals surface area contributed by atoms with Crippen LogP contribution in [0.25, 0.3) is 0 Å². The summed E-state index contributed by atoms with van der Waals surface area (Å²) in [5, 5.41) is 0.519. The Kier molecular flexibility index (Phi) is 3.66. The summed E-state index contributed by atoms with van der Waals surface area (Å²) in [5.74, 6) is 4.99. The van der Waals surface area contributed by atoms with E-state index >= 15 is 0 Å². The molecule has 3 N–H and O–H groups in total. The minimum Gasteiger partial charge on any atom is -0.271 e. The zero-order chi connectivity index (χ0) is 9.84. The van der Waals surface area contributed by atoms with Gasteiger partial charge >= 0.3 is 0 Å². The van der Waals surface area contributed by atoms with Crippen molar-refractivity contribution in [1.82, 2.24) is 5.43 Å². The zero-order valence-electron chi connectivity index (χ0n) is 7.35. The van der Waals surface area contributed by atoms with Crippen LogP contribution >= 0.6 is 11.6 Å². The normalized spacial score (nSPS) is 12.9. The Labute approximate surface area is 81.9 Å². The lowest BCUT2D eigenvalue weighted by molar-refractivity contribution is 0.501. The number of rotatable bonds is 3. The van der Waals surface area contributed by atoms with Crippen LogP contribution in [0.1, 0.15) is 24.9 Å². The van der Waals surface area contributed by atoms with E-state index in [2.05, 4.69) is 5.43 Å². The second-order valence-corrected chi connectivity index (χ2v) is 3.23. The van der Waals surface area contributed by atoms with Gasteiger partial charge in [0.1, 0.15) is 5.82 Å². The summed E-state index contributed by atoms with van der Waals surface area (Å²) >= 11 is 5.74. The van der Waals surface area contributed by atoms with E-state index in [9.17, 15) is 4.39 Å². The first-order chi connectivity index (χ1) is 6.19. The highest BCUT2D eigenvalue weighted by atomic mass is 35.5. The quantitative estimate of drug-likeness (QED) is 0.584. The molecule has 0 amide bonds. The van der Waals surface area contributed by atoms with Crippen molar-refractivity contribution < 1.29 is 4.39 Å². The van der Waals surface area contributed by atoms with Crippen molar-refractivity contribution in [3.8, 4) is 0 Å². The monoisotopic (exact) mass is 202 g/mol. The van der Waals surface area contributed by atoms with Gasteiger partial charge in [-0.2, -0.15) is 0 Å². The van der Waals surface area contributed by atoms with Crippen molar-refractivity contribution in [3.05, 3.63) is 34.6 Å². The Hall–Kier alpha value is -0.640. The molecule has 0 aromatic heterocycles. The minimum atomic E-state index is -0.283. The molecule has 1 rings (SSSR count). The van der Waals surface area contributed by atoms with Crippen LogP contribution in [0, 0.1) is 5.82 Å². The molecule has 4 heteroatoms. The summed E-state index contributed by atoms with van der Waals surface area (Å²) in [6, 6.07) is 4.27. The smallest absolute Gasteiger partial charge is 0.128 e. The van der Waals surface area contributed by atoms with Crippen LogP contribution in [0.5, 0.6) is 0 Å². The maximum Gasteiger partial charge on any atom is 0.128 e. The van der Waals surface area contributed by atoms with Crippen molar-refractivity contribution in [2.45, 2.75) is 19.4 Å². The van der Waals surface area contributed by atoms with E-state index in [0.717, 1.165) is 0 Å². The molecule has 1 atom stereocenters. The van der Waals surface area contributed by atoms with Gasteiger partial charge in [-0.25, -0.2) is 4.39 Å². The average molecular weight is 203 g/mol. The van der Waals surface area contributed by atoms with Gasteiger partial charge in [0.25, 0.3) is 0 Å². The molecule has 72 valence electrons. The lowest BCUT2D eigenvalue weighted by Crippen LogP contribution is -2.28. The predicted octanol–water partition coefficient (Wildman–Crippen LogP) is 2.39. The molecule has 0 fully saturated rings. The van der Waals surface area contributed by atoms with Crippen LogP contribution < -0.4 is 11.3 Å². The summed E-state index contributed by atoms with van der Waals surface area (Å²) in [6.07, 6.45) is 0.716. The van der Waals surface area contributed by atoms with Gasteiger partial charge in [0, 0.05) is 16.6 Å². The van der Waals surface area contributed by atoms with Gasteiger partial charge in [0.2, 0.25) is 0 Å². The molecule has 0 spiro atoms. The van der Waals surface area contributed by atoms with Gasteiger partial charge < -0.3 is 0 Å². The first kappa shape index (κ1) is 10.4. The Morgan fingerprint density at radius 3 is 2.85 bits per heavy atom. The molecular formula is C9H12ClFN2. The maximum absolute atomic E-state index is 13.2. The van der Waals surface area contributed by atoms with Crippen LogP contribution in [-0.4, -0.2) is 0 Å².